The Kier molecular flexibility index (Phi) is 3.35. The van der Waals surface area contributed by atoms with Gasteiger partial charge in [-0.15, -0.1) is 0 Å². The lowest BCUT2D eigenvalue weighted by Crippen LogP contribution is -2.06. The van der Waals surface area contributed by atoms with Gasteiger partial charge in [0, 0.05) is 0 Å². The van der Waals surface area contributed by atoms with Gasteiger partial charge in [-0.2, -0.15) is 0 Å². The quantitative estimate of drug-likeness (QED) is 0.499. The van der Waals surface area contributed by atoms with Crippen molar-refractivity contribution < 1.29 is 14.6 Å². The largest absolute Gasteiger partial charge is 0.506 e. The number of rotatable bonds is 2. The molecule has 0 saturated carbocycles. The Labute approximate surface area is 126 Å². The topological polar surface area (TPSA) is 96.7 Å². The number of hydrogen-bond acceptors (Lipinski definition) is 5. The molecule has 0 spiro atoms. The Balaban J connectivity index is 2.26. The summed E-state index contributed by atoms with van der Waals surface area (Å²) in [6.45, 7) is 1.72. The highest BCUT2D eigenvalue weighted by molar-refractivity contribution is 5.83. The van der Waals surface area contributed by atoms with Crippen LogP contribution in [-0.4, -0.2) is 10.2 Å². The second kappa shape index (κ2) is 5.20. The molecular weight excluding hydrogens is 282 g/mol. The Morgan fingerprint density at radius 1 is 1.23 bits per heavy atom. The average molecular weight is 297 g/mol. The number of aliphatic hydroxyl groups excluding tert-OH is 1. The van der Waals surface area contributed by atoms with Crippen LogP contribution in [0.2, 0.25) is 0 Å². The molecule has 1 heterocycles. The summed E-state index contributed by atoms with van der Waals surface area (Å²) in [6, 6.07) is 7.95. The van der Waals surface area contributed by atoms with E-state index in [0.29, 0.717) is 22.1 Å². The molecular formula is C17H15NO4. The van der Waals surface area contributed by atoms with E-state index in [1.807, 2.05) is 6.92 Å². The summed E-state index contributed by atoms with van der Waals surface area (Å²) >= 11 is 0. The number of benzene rings is 2. The van der Waals surface area contributed by atoms with Crippen molar-refractivity contribution in [2.75, 3.05) is 5.73 Å². The maximum absolute atomic E-state index is 12.7. The van der Waals surface area contributed by atoms with Crippen LogP contribution in [0.1, 0.15) is 11.1 Å². The number of phenols is 1. The van der Waals surface area contributed by atoms with Gasteiger partial charge in [0.2, 0.25) is 0 Å². The van der Waals surface area contributed by atoms with E-state index in [9.17, 15) is 15.0 Å². The van der Waals surface area contributed by atoms with Crippen LogP contribution < -0.4 is 11.2 Å². The molecule has 3 aromatic rings. The molecule has 3 rings (SSSR count). The van der Waals surface area contributed by atoms with Gasteiger partial charge in [0.15, 0.2) is 5.43 Å². The first kappa shape index (κ1) is 14.2. The fourth-order valence-electron chi connectivity index (χ4n) is 2.42. The van der Waals surface area contributed by atoms with Gasteiger partial charge < -0.3 is 20.4 Å². The van der Waals surface area contributed by atoms with Gasteiger partial charge in [0.05, 0.1) is 23.2 Å². The minimum atomic E-state index is -0.182. The molecule has 4 N–H and O–H groups in total. The van der Waals surface area contributed by atoms with Crippen LogP contribution >= 0.6 is 0 Å². The standard InChI is InChI=1S/C17H15NO4/c1-9-4-12-16(6-11(9)7-19)22-8-13(17(12)21)10-2-3-15(20)14(18)5-10/h2-6,8,19-20H,7,18H2,1H3. The summed E-state index contributed by atoms with van der Waals surface area (Å²) in [5, 5.41) is 19.2. The monoisotopic (exact) mass is 297 g/mol. The van der Waals surface area contributed by atoms with Crippen molar-refractivity contribution in [2.24, 2.45) is 0 Å². The van der Waals surface area contributed by atoms with Gasteiger partial charge >= 0.3 is 0 Å². The predicted molar refractivity (Wildman–Crippen MR) is 84.7 cm³/mol. The molecule has 22 heavy (non-hydrogen) atoms. The highest BCUT2D eigenvalue weighted by Crippen LogP contribution is 2.27. The first-order valence-electron chi connectivity index (χ1n) is 6.76. The number of nitrogens with two attached hydrogens (primary N) is 1. The molecule has 0 radical (unpaired) electrons. The van der Waals surface area contributed by atoms with Crippen LogP contribution in [0, 0.1) is 6.92 Å². The van der Waals surface area contributed by atoms with Crippen LogP contribution in [-0.2, 0) is 6.61 Å². The lowest BCUT2D eigenvalue weighted by molar-refractivity contribution is 0.281. The third-order valence-corrected chi connectivity index (χ3v) is 3.74. The van der Waals surface area contributed by atoms with Crippen LogP contribution in [0.25, 0.3) is 22.1 Å². The normalized spacial score (nSPS) is 11.0. The Hall–Kier alpha value is -2.79. The molecule has 0 aliphatic heterocycles. The number of aliphatic hydroxyl groups is 1. The fourth-order valence-corrected chi connectivity index (χ4v) is 2.42. The van der Waals surface area contributed by atoms with E-state index in [1.165, 1.54) is 18.4 Å². The molecule has 5 heteroatoms. The van der Waals surface area contributed by atoms with Crippen LogP contribution in [0.3, 0.4) is 0 Å². The molecule has 112 valence electrons. The zero-order chi connectivity index (χ0) is 15.9. The third-order valence-electron chi connectivity index (χ3n) is 3.74. The number of fused-ring (bicyclic) bond motifs is 1. The summed E-state index contributed by atoms with van der Waals surface area (Å²) in [7, 11) is 0. The minimum absolute atomic E-state index is 0.0302. The lowest BCUT2D eigenvalue weighted by Gasteiger charge is -2.07. The van der Waals surface area contributed by atoms with E-state index in [-0.39, 0.29) is 23.5 Å². The number of anilines is 1. The molecule has 0 aliphatic carbocycles. The zero-order valence-electron chi connectivity index (χ0n) is 12.0. The minimum Gasteiger partial charge on any atom is -0.506 e. The molecule has 0 aliphatic rings. The maximum Gasteiger partial charge on any atom is 0.200 e. The van der Waals surface area contributed by atoms with E-state index < -0.39 is 0 Å². The molecule has 2 aromatic carbocycles. The van der Waals surface area contributed by atoms with Crippen LogP contribution in [0.5, 0.6) is 5.75 Å². The summed E-state index contributed by atoms with van der Waals surface area (Å²) in [6.07, 6.45) is 1.37. The van der Waals surface area contributed by atoms with Crippen molar-refractivity contribution in [3.63, 3.8) is 0 Å². The van der Waals surface area contributed by atoms with Gasteiger partial charge in [-0.1, -0.05) is 6.07 Å². The lowest BCUT2D eigenvalue weighted by atomic mass is 10.0. The van der Waals surface area contributed by atoms with E-state index >= 15 is 0 Å². The van der Waals surface area contributed by atoms with Crippen LogP contribution in [0.15, 0.2) is 45.8 Å². The molecule has 1 aromatic heterocycles. The number of aryl methyl sites for hydroxylation is 1. The van der Waals surface area contributed by atoms with E-state index in [4.69, 9.17) is 10.2 Å². The Bertz CT molecular complexity index is 928. The Morgan fingerprint density at radius 3 is 2.68 bits per heavy atom. The van der Waals surface area contributed by atoms with Crippen molar-refractivity contribution in [1.29, 1.82) is 0 Å². The number of phenolic OH excluding ortho intramolecular Hbond substituents is 1. The maximum atomic E-state index is 12.7. The van der Waals surface area contributed by atoms with Crippen molar-refractivity contribution in [1.82, 2.24) is 0 Å². The molecule has 0 unspecified atom stereocenters. The number of nitrogen functional groups attached to an aromatic ring is 1. The van der Waals surface area contributed by atoms with E-state index in [1.54, 1.807) is 18.2 Å². The molecule has 5 nitrogen and oxygen atoms in total. The predicted octanol–water partition coefficient (Wildman–Crippen LogP) is 2.55. The van der Waals surface area contributed by atoms with Crippen molar-refractivity contribution in [3.8, 4) is 16.9 Å². The first-order valence-corrected chi connectivity index (χ1v) is 6.76. The Morgan fingerprint density at radius 2 is 2.00 bits per heavy atom. The SMILES string of the molecule is Cc1cc2c(=O)c(-c3ccc(O)c(N)c3)coc2cc1CO. The van der Waals surface area contributed by atoms with Gasteiger partial charge in [0.25, 0.3) is 0 Å². The van der Waals surface area contributed by atoms with Gasteiger partial charge in [-0.3, -0.25) is 4.79 Å². The highest BCUT2D eigenvalue weighted by Gasteiger charge is 2.12. The van der Waals surface area contributed by atoms with E-state index in [2.05, 4.69) is 0 Å². The summed E-state index contributed by atoms with van der Waals surface area (Å²) in [4.78, 5) is 12.7. The van der Waals surface area contributed by atoms with Gasteiger partial charge in [0.1, 0.15) is 17.6 Å². The van der Waals surface area contributed by atoms with Crippen LogP contribution in [0.4, 0.5) is 5.69 Å². The number of aromatic hydroxyl groups is 1. The number of hydrogen-bond donors (Lipinski definition) is 3. The smallest absolute Gasteiger partial charge is 0.200 e. The van der Waals surface area contributed by atoms with Crippen molar-refractivity contribution in [2.45, 2.75) is 13.5 Å². The third kappa shape index (κ3) is 2.21. The molecule has 0 fully saturated rings. The van der Waals surface area contributed by atoms with Gasteiger partial charge in [-0.05, 0) is 47.9 Å². The van der Waals surface area contributed by atoms with Crippen molar-refractivity contribution >= 4 is 16.7 Å². The van der Waals surface area contributed by atoms with Gasteiger partial charge in [-0.25, -0.2) is 0 Å². The molecule has 0 saturated heterocycles. The summed E-state index contributed by atoms with van der Waals surface area (Å²) in [5.74, 6) is -0.0302. The molecule has 0 atom stereocenters. The first-order chi connectivity index (χ1) is 10.5. The summed E-state index contributed by atoms with van der Waals surface area (Å²) < 4.78 is 5.53. The molecule has 0 amide bonds. The highest BCUT2D eigenvalue weighted by atomic mass is 16.3. The summed E-state index contributed by atoms with van der Waals surface area (Å²) in [5.41, 5.74) is 8.61. The van der Waals surface area contributed by atoms with E-state index in [0.717, 1.165) is 11.1 Å². The molecule has 0 bridgehead atoms. The average Bonchev–Trinajstić information content (AvgIpc) is 2.51. The second-order valence-corrected chi connectivity index (χ2v) is 5.19. The van der Waals surface area contributed by atoms with Crippen molar-refractivity contribution in [3.05, 3.63) is 57.9 Å². The zero-order valence-corrected chi connectivity index (χ0v) is 12.0. The second-order valence-electron chi connectivity index (χ2n) is 5.19. The fraction of sp³-hybridized carbons (Fsp3) is 0.118.